The highest BCUT2D eigenvalue weighted by atomic mass is 16.3. The van der Waals surface area contributed by atoms with Crippen molar-refractivity contribution in [1.29, 1.82) is 0 Å². The Labute approximate surface area is 168 Å². The average molecular weight is 384 g/mol. The quantitative estimate of drug-likeness (QED) is 0.551. The number of aliphatic hydroxyl groups excluding tert-OH is 1. The molecule has 0 bridgehead atoms. The molecule has 28 heavy (non-hydrogen) atoms. The number of rotatable bonds is 10. The molecule has 3 N–H and O–H groups in total. The first-order valence-corrected chi connectivity index (χ1v) is 9.99. The predicted octanol–water partition coefficient (Wildman–Crippen LogP) is 3.44. The molecule has 2 atom stereocenters. The van der Waals surface area contributed by atoms with E-state index in [1.165, 1.54) is 0 Å². The largest absolute Gasteiger partial charge is 0.390 e. The summed E-state index contributed by atoms with van der Waals surface area (Å²) in [7, 11) is 1.73. The van der Waals surface area contributed by atoms with Crippen LogP contribution in [0.2, 0.25) is 0 Å². The van der Waals surface area contributed by atoms with Crippen LogP contribution < -0.4 is 15.5 Å². The van der Waals surface area contributed by atoms with Crippen molar-refractivity contribution in [3.63, 3.8) is 0 Å². The Bertz CT molecular complexity index is 692. The summed E-state index contributed by atoms with van der Waals surface area (Å²) in [6.45, 7) is 5.65. The number of carbonyl (C=O) groups is 1. The molecule has 0 unspecified atom stereocenters. The summed E-state index contributed by atoms with van der Waals surface area (Å²) in [5.74, 6) is 0.615. The number of carbonyl (C=O) groups excluding carboxylic acids is 1. The maximum atomic E-state index is 12.8. The first-order chi connectivity index (χ1) is 13.5. The van der Waals surface area contributed by atoms with Gasteiger partial charge in [-0.3, -0.25) is 4.90 Å². The standard InChI is InChI=1S/C23H33N3O2/c1-18(2)14-15-24-17-22(27)21(16-19-10-6-4-7-11-19)25-23(28)26(3)20-12-8-5-9-13-20/h4-13,18,21-22,24,27H,14-17H2,1-3H3,(H,25,28)/t21-,22+/m0/s1. The van der Waals surface area contributed by atoms with Crippen LogP contribution in [0.4, 0.5) is 10.5 Å². The van der Waals surface area contributed by atoms with Gasteiger partial charge in [0.2, 0.25) is 0 Å². The van der Waals surface area contributed by atoms with Crippen LogP contribution >= 0.6 is 0 Å². The van der Waals surface area contributed by atoms with Crippen molar-refractivity contribution in [2.45, 2.75) is 38.8 Å². The fraction of sp³-hybridized carbons (Fsp3) is 0.435. The summed E-state index contributed by atoms with van der Waals surface area (Å²) in [6.07, 6.45) is 0.946. The Morgan fingerprint density at radius 1 is 1.04 bits per heavy atom. The molecule has 2 amide bonds. The number of para-hydroxylation sites is 1. The van der Waals surface area contributed by atoms with E-state index in [1.807, 2.05) is 60.7 Å². The van der Waals surface area contributed by atoms with E-state index in [4.69, 9.17) is 0 Å². The highest BCUT2D eigenvalue weighted by Crippen LogP contribution is 2.12. The number of nitrogens with one attached hydrogen (secondary N) is 2. The lowest BCUT2D eigenvalue weighted by molar-refractivity contribution is 0.127. The molecule has 0 aliphatic rings. The molecule has 2 aromatic rings. The third-order valence-electron chi connectivity index (χ3n) is 4.77. The first kappa shape index (κ1) is 21.9. The highest BCUT2D eigenvalue weighted by Gasteiger charge is 2.23. The van der Waals surface area contributed by atoms with Crippen molar-refractivity contribution in [1.82, 2.24) is 10.6 Å². The minimum absolute atomic E-state index is 0.228. The van der Waals surface area contributed by atoms with Crippen molar-refractivity contribution in [2.24, 2.45) is 5.92 Å². The van der Waals surface area contributed by atoms with Crippen molar-refractivity contribution in [2.75, 3.05) is 25.0 Å². The number of nitrogens with zero attached hydrogens (tertiary/aromatic N) is 1. The Morgan fingerprint density at radius 2 is 1.64 bits per heavy atom. The van der Waals surface area contributed by atoms with Gasteiger partial charge in [0.1, 0.15) is 0 Å². The van der Waals surface area contributed by atoms with Gasteiger partial charge < -0.3 is 15.7 Å². The Balaban J connectivity index is 2.01. The lowest BCUT2D eigenvalue weighted by atomic mass is 10.0. The van der Waals surface area contributed by atoms with Gasteiger partial charge in [-0.1, -0.05) is 62.4 Å². The lowest BCUT2D eigenvalue weighted by Gasteiger charge is -2.27. The third kappa shape index (κ3) is 7.33. The van der Waals surface area contributed by atoms with Crippen LogP contribution in [0.1, 0.15) is 25.8 Å². The zero-order valence-corrected chi connectivity index (χ0v) is 17.1. The monoisotopic (exact) mass is 383 g/mol. The number of benzene rings is 2. The van der Waals surface area contributed by atoms with Crippen molar-refractivity contribution in [3.05, 3.63) is 66.2 Å². The molecule has 5 nitrogen and oxygen atoms in total. The van der Waals surface area contributed by atoms with E-state index in [0.717, 1.165) is 24.2 Å². The van der Waals surface area contributed by atoms with Gasteiger partial charge in [0, 0.05) is 19.3 Å². The zero-order valence-electron chi connectivity index (χ0n) is 17.1. The molecular formula is C23H33N3O2. The van der Waals surface area contributed by atoms with Crippen LogP contribution in [0, 0.1) is 5.92 Å². The molecule has 2 rings (SSSR count). The zero-order chi connectivity index (χ0) is 20.4. The number of anilines is 1. The van der Waals surface area contributed by atoms with Crippen LogP contribution in [0.25, 0.3) is 0 Å². The Morgan fingerprint density at radius 3 is 2.25 bits per heavy atom. The Hall–Kier alpha value is -2.37. The van der Waals surface area contributed by atoms with E-state index in [0.29, 0.717) is 18.9 Å². The molecule has 2 aromatic carbocycles. The molecule has 152 valence electrons. The van der Waals surface area contributed by atoms with Crippen LogP contribution in [-0.4, -0.2) is 43.4 Å². The van der Waals surface area contributed by atoms with Gasteiger partial charge in [0.25, 0.3) is 0 Å². The van der Waals surface area contributed by atoms with Gasteiger partial charge in [-0.2, -0.15) is 0 Å². The van der Waals surface area contributed by atoms with Crippen LogP contribution in [0.5, 0.6) is 0 Å². The fourth-order valence-electron chi connectivity index (χ4n) is 2.96. The molecule has 0 spiro atoms. The fourth-order valence-corrected chi connectivity index (χ4v) is 2.96. The molecule has 0 saturated heterocycles. The second kappa shape index (κ2) is 11.5. The second-order valence-electron chi connectivity index (χ2n) is 7.59. The van der Waals surface area contributed by atoms with Crippen LogP contribution in [-0.2, 0) is 6.42 Å². The lowest BCUT2D eigenvalue weighted by Crippen LogP contribution is -2.52. The number of hydrogen-bond donors (Lipinski definition) is 3. The summed E-state index contributed by atoms with van der Waals surface area (Å²) in [6, 6.07) is 18.8. The highest BCUT2D eigenvalue weighted by molar-refractivity contribution is 5.91. The predicted molar refractivity (Wildman–Crippen MR) is 116 cm³/mol. The molecule has 0 saturated carbocycles. The molecule has 0 aliphatic carbocycles. The molecule has 0 aliphatic heterocycles. The van der Waals surface area contributed by atoms with E-state index in [2.05, 4.69) is 24.5 Å². The van der Waals surface area contributed by atoms with Crippen LogP contribution in [0.15, 0.2) is 60.7 Å². The minimum Gasteiger partial charge on any atom is -0.390 e. The summed E-state index contributed by atoms with van der Waals surface area (Å²) in [5, 5.41) is 17.1. The van der Waals surface area contributed by atoms with Gasteiger partial charge >= 0.3 is 6.03 Å². The second-order valence-corrected chi connectivity index (χ2v) is 7.59. The van der Waals surface area contributed by atoms with Gasteiger partial charge in [0.15, 0.2) is 0 Å². The van der Waals surface area contributed by atoms with Crippen molar-refractivity contribution >= 4 is 11.7 Å². The summed E-state index contributed by atoms with van der Waals surface area (Å²) >= 11 is 0. The van der Waals surface area contributed by atoms with E-state index in [9.17, 15) is 9.90 Å². The number of amides is 2. The summed E-state index contributed by atoms with van der Waals surface area (Å²) in [4.78, 5) is 14.3. The normalized spacial score (nSPS) is 13.2. The molecule has 0 aromatic heterocycles. The van der Waals surface area contributed by atoms with E-state index >= 15 is 0 Å². The first-order valence-electron chi connectivity index (χ1n) is 9.99. The molecule has 0 heterocycles. The number of aliphatic hydroxyl groups is 1. The minimum atomic E-state index is -0.680. The Kier molecular flexibility index (Phi) is 8.98. The smallest absolute Gasteiger partial charge is 0.321 e. The summed E-state index contributed by atoms with van der Waals surface area (Å²) in [5.41, 5.74) is 1.89. The van der Waals surface area contributed by atoms with Crippen molar-refractivity contribution in [3.8, 4) is 0 Å². The van der Waals surface area contributed by atoms with E-state index < -0.39 is 6.10 Å². The number of hydrogen-bond acceptors (Lipinski definition) is 3. The maximum absolute atomic E-state index is 12.8. The summed E-state index contributed by atoms with van der Waals surface area (Å²) < 4.78 is 0. The van der Waals surface area contributed by atoms with Crippen LogP contribution in [0.3, 0.4) is 0 Å². The van der Waals surface area contributed by atoms with Gasteiger partial charge in [-0.15, -0.1) is 0 Å². The topological polar surface area (TPSA) is 64.6 Å². The molecule has 0 fully saturated rings. The van der Waals surface area contributed by atoms with E-state index in [1.54, 1.807) is 11.9 Å². The molecular weight excluding hydrogens is 350 g/mol. The molecule has 5 heteroatoms. The maximum Gasteiger partial charge on any atom is 0.321 e. The van der Waals surface area contributed by atoms with E-state index in [-0.39, 0.29) is 12.1 Å². The third-order valence-corrected chi connectivity index (χ3v) is 4.77. The number of urea groups is 1. The average Bonchev–Trinajstić information content (AvgIpc) is 2.71. The van der Waals surface area contributed by atoms with Crippen molar-refractivity contribution < 1.29 is 9.90 Å². The van der Waals surface area contributed by atoms with Gasteiger partial charge in [0.05, 0.1) is 12.1 Å². The van der Waals surface area contributed by atoms with Gasteiger partial charge in [-0.05, 0) is 43.0 Å². The SMILES string of the molecule is CC(C)CCNC[C@@H](O)[C@H](Cc1ccccc1)NC(=O)N(C)c1ccccc1. The molecule has 0 radical (unpaired) electrons. The van der Waals surface area contributed by atoms with Gasteiger partial charge in [-0.25, -0.2) is 4.79 Å².